The number of nitriles is 1. The molecule has 0 aliphatic rings. The Hall–Kier alpha value is -0.670. The third-order valence-electron chi connectivity index (χ3n) is 1.74. The summed E-state index contributed by atoms with van der Waals surface area (Å²) >= 11 is 4.70. The molecule has 6 heteroatoms. The summed E-state index contributed by atoms with van der Waals surface area (Å²) < 4.78 is 0.763. The molecule has 1 aromatic rings. The highest BCUT2D eigenvalue weighted by Crippen LogP contribution is 2.24. The minimum Gasteiger partial charge on any atom is -0.346 e. The first kappa shape index (κ1) is 10.4. The minimum atomic E-state index is 0.171. The average Bonchev–Trinajstić information content (AvgIpc) is 2.51. The Kier molecular flexibility index (Phi) is 3.63. The summed E-state index contributed by atoms with van der Waals surface area (Å²) in [6.45, 7) is 1.98. The van der Waals surface area contributed by atoms with Gasteiger partial charge in [0.2, 0.25) is 5.13 Å². The predicted molar refractivity (Wildman–Crippen MR) is 55.7 cm³/mol. The van der Waals surface area contributed by atoms with Gasteiger partial charge in [0.25, 0.3) is 0 Å². The number of halogens is 1. The first-order valence-electron chi connectivity index (χ1n) is 3.74. The molecule has 0 aliphatic carbocycles. The van der Waals surface area contributed by atoms with E-state index in [1.54, 1.807) is 0 Å². The number of anilines is 1. The summed E-state index contributed by atoms with van der Waals surface area (Å²) in [5.74, 6) is 0. The highest BCUT2D eigenvalue weighted by Gasteiger charge is 2.13. The highest BCUT2D eigenvalue weighted by atomic mass is 79.9. The van der Waals surface area contributed by atoms with E-state index in [4.69, 9.17) is 5.26 Å². The van der Waals surface area contributed by atoms with Gasteiger partial charge in [0.1, 0.15) is 0 Å². The molecule has 0 N–H and O–H groups in total. The van der Waals surface area contributed by atoms with Gasteiger partial charge in [0.05, 0.1) is 12.5 Å². The molecule has 1 atom stereocenters. The van der Waals surface area contributed by atoms with Gasteiger partial charge in [0.15, 0.2) is 3.92 Å². The van der Waals surface area contributed by atoms with Gasteiger partial charge in [-0.15, -0.1) is 10.2 Å². The Labute approximate surface area is 89.3 Å². The van der Waals surface area contributed by atoms with Crippen LogP contribution in [0.1, 0.15) is 13.3 Å². The van der Waals surface area contributed by atoms with Gasteiger partial charge in [-0.3, -0.25) is 0 Å². The number of nitrogens with zero attached hydrogens (tertiary/aromatic N) is 4. The second kappa shape index (κ2) is 4.53. The first-order valence-corrected chi connectivity index (χ1v) is 5.35. The van der Waals surface area contributed by atoms with E-state index in [1.165, 1.54) is 11.3 Å². The third kappa shape index (κ3) is 2.64. The maximum absolute atomic E-state index is 8.52. The fourth-order valence-electron chi connectivity index (χ4n) is 0.798. The topological polar surface area (TPSA) is 52.8 Å². The van der Waals surface area contributed by atoms with Crippen LogP contribution < -0.4 is 4.90 Å². The molecule has 0 fully saturated rings. The molecule has 1 heterocycles. The molecule has 0 radical (unpaired) electrons. The maximum atomic E-state index is 8.52. The Morgan fingerprint density at radius 1 is 1.69 bits per heavy atom. The van der Waals surface area contributed by atoms with Crippen molar-refractivity contribution in [3.05, 3.63) is 3.92 Å². The molecule has 4 nitrogen and oxygen atoms in total. The summed E-state index contributed by atoms with van der Waals surface area (Å²) in [6, 6.07) is 2.30. The van der Waals surface area contributed by atoms with Crippen LogP contribution in [0.2, 0.25) is 0 Å². The summed E-state index contributed by atoms with van der Waals surface area (Å²) in [5, 5.41) is 17.1. The standard InChI is InChI=1S/C7H9BrN4S/c1-5(3-4-9)12(2)7-11-10-6(8)13-7/h5H,3H2,1-2H3. The Bertz CT molecular complexity index is 319. The second-order valence-corrected chi connectivity index (χ2v) is 4.89. The quantitative estimate of drug-likeness (QED) is 0.835. The molecule has 0 saturated heterocycles. The zero-order valence-corrected chi connectivity index (χ0v) is 9.76. The lowest BCUT2D eigenvalue weighted by Gasteiger charge is -2.20. The Morgan fingerprint density at radius 3 is 2.85 bits per heavy atom. The molecule has 1 aromatic heterocycles. The lowest BCUT2D eigenvalue weighted by atomic mass is 10.2. The maximum Gasteiger partial charge on any atom is 0.209 e. The van der Waals surface area contributed by atoms with Gasteiger partial charge in [-0.1, -0.05) is 11.3 Å². The van der Waals surface area contributed by atoms with E-state index in [0.717, 1.165) is 9.05 Å². The molecule has 0 spiro atoms. The summed E-state index contributed by atoms with van der Waals surface area (Å²) in [7, 11) is 1.91. The summed E-state index contributed by atoms with van der Waals surface area (Å²) in [4.78, 5) is 1.95. The van der Waals surface area contributed by atoms with Crippen LogP contribution in [0.3, 0.4) is 0 Å². The fourth-order valence-corrected chi connectivity index (χ4v) is 1.95. The largest absolute Gasteiger partial charge is 0.346 e. The lowest BCUT2D eigenvalue weighted by molar-refractivity contribution is 0.696. The zero-order valence-electron chi connectivity index (χ0n) is 7.36. The van der Waals surface area contributed by atoms with Gasteiger partial charge in [0, 0.05) is 13.1 Å². The molecule has 0 aromatic carbocycles. The Morgan fingerprint density at radius 2 is 2.38 bits per heavy atom. The van der Waals surface area contributed by atoms with Crippen LogP contribution in [0, 0.1) is 11.3 Å². The van der Waals surface area contributed by atoms with E-state index in [9.17, 15) is 0 Å². The van der Waals surface area contributed by atoms with Crippen molar-refractivity contribution in [2.75, 3.05) is 11.9 Å². The second-order valence-electron chi connectivity index (χ2n) is 2.66. The summed E-state index contributed by atoms with van der Waals surface area (Å²) in [5.41, 5.74) is 0. The summed E-state index contributed by atoms with van der Waals surface area (Å²) in [6.07, 6.45) is 0.494. The molecule has 0 saturated carbocycles. The molecular formula is C7H9BrN4S. The van der Waals surface area contributed by atoms with E-state index in [2.05, 4.69) is 32.2 Å². The highest BCUT2D eigenvalue weighted by molar-refractivity contribution is 9.11. The average molecular weight is 261 g/mol. The van der Waals surface area contributed by atoms with Crippen molar-refractivity contribution in [3.8, 4) is 6.07 Å². The van der Waals surface area contributed by atoms with Crippen LogP contribution in [0.15, 0.2) is 3.92 Å². The van der Waals surface area contributed by atoms with Crippen molar-refractivity contribution in [1.82, 2.24) is 10.2 Å². The van der Waals surface area contributed by atoms with Crippen LogP contribution in [-0.4, -0.2) is 23.3 Å². The van der Waals surface area contributed by atoms with E-state index >= 15 is 0 Å². The van der Waals surface area contributed by atoms with Crippen molar-refractivity contribution in [1.29, 1.82) is 5.26 Å². The SMILES string of the molecule is CC(CC#N)N(C)c1nnc(Br)s1. The number of rotatable bonds is 3. The van der Waals surface area contributed by atoms with Gasteiger partial charge < -0.3 is 4.90 Å². The van der Waals surface area contributed by atoms with Gasteiger partial charge >= 0.3 is 0 Å². The van der Waals surface area contributed by atoms with Crippen LogP contribution in [-0.2, 0) is 0 Å². The monoisotopic (exact) mass is 260 g/mol. The molecular weight excluding hydrogens is 252 g/mol. The van der Waals surface area contributed by atoms with Crippen molar-refractivity contribution < 1.29 is 0 Å². The number of aromatic nitrogens is 2. The van der Waals surface area contributed by atoms with E-state index < -0.39 is 0 Å². The van der Waals surface area contributed by atoms with Crippen LogP contribution >= 0.6 is 27.3 Å². The minimum absolute atomic E-state index is 0.171. The fraction of sp³-hybridized carbons (Fsp3) is 0.571. The van der Waals surface area contributed by atoms with Crippen LogP contribution in [0.5, 0.6) is 0 Å². The van der Waals surface area contributed by atoms with Crippen LogP contribution in [0.4, 0.5) is 5.13 Å². The van der Waals surface area contributed by atoms with E-state index in [1.807, 2.05) is 18.9 Å². The van der Waals surface area contributed by atoms with Gasteiger partial charge in [-0.25, -0.2) is 0 Å². The third-order valence-corrected chi connectivity index (χ3v) is 3.19. The van der Waals surface area contributed by atoms with E-state index in [-0.39, 0.29) is 6.04 Å². The smallest absolute Gasteiger partial charge is 0.209 e. The molecule has 1 rings (SSSR count). The van der Waals surface area contributed by atoms with Crippen LogP contribution in [0.25, 0.3) is 0 Å². The van der Waals surface area contributed by atoms with E-state index in [0.29, 0.717) is 6.42 Å². The lowest BCUT2D eigenvalue weighted by Crippen LogP contribution is -2.28. The molecule has 13 heavy (non-hydrogen) atoms. The zero-order chi connectivity index (χ0) is 9.84. The van der Waals surface area contributed by atoms with Crippen molar-refractivity contribution in [2.45, 2.75) is 19.4 Å². The van der Waals surface area contributed by atoms with Crippen molar-refractivity contribution in [2.24, 2.45) is 0 Å². The first-order chi connectivity index (χ1) is 6.15. The number of hydrogen-bond donors (Lipinski definition) is 0. The predicted octanol–water partition coefficient (Wildman–Crippen LogP) is 2.04. The van der Waals surface area contributed by atoms with Gasteiger partial charge in [-0.2, -0.15) is 5.26 Å². The Balaban J connectivity index is 2.68. The molecule has 0 aliphatic heterocycles. The molecule has 70 valence electrons. The molecule has 0 bridgehead atoms. The van der Waals surface area contributed by atoms with Crippen molar-refractivity contribution >= 4 is 32.4 Å². The molecule has 1 unspecified atom stereocenters. The molecule has 0 amide bonds. The normalized spacial score (nSPS) is 12.2. The van der Waals surface area contributed by atoms with Crippen molar-refractivity contribution in [3.63, 3.8) is 0 Å². The number of hydrogen-bond acceptors (Lipinski definition) is 5. The van der Waals surface area contributed by atoms with Gasteiger partial charge in [-0.05, 0) is 22.9 Å².